The van der Waals surface area contributed by atoms with Crippen LogP contribution in [-0.2, 0) is 11.3 Å². The summed E-state index contributed by atoms with van der Waals surface area (Å²) in [6.07, 6.45) is 1.92. The van der Waals surface area contributed by atoms with Gasteiger partial charge in [0.2, 0.25) is 5.82 Å². The van der Waals surface area contributed by atoms with E-state index < -0.39 is 11.9 Å². The normalized spacial score (nSPS) is 13.7. The van der Waals surface area contributed by atoms with E-state index in [1.807, 2.05) is 24.3 Å². The van der Waals surface area contributed by atoms with Crippen LogP contribution in [0.5, 0.6) is 0 Å². The third kappa shape index (κ3) is 3.67. The van der Waals surface area contributed by atoms with E-state index in [4.69, 9.17) is 0 Å². The molecule has 0 bridgehead atoms. The zero-order valence-corrected chi connectivity index (χ0v) is 13.1. The molecule has 3 amide bonds. The Bertz CT molecular complexity index is 712. The fourth-order valence-electron chi connectivity index (χ4n) is 1.80. The van der Waals surface area contributed by atoms with Crippen LogP contribution in [0.25, 0.3) is 11.4 Å². The van der Waals surface area contributed by atoms with Gasteiger partial charge in [-0.25, -0.2) is 4.79 Å². The number of nitrogens with one attached hydrogen (secondary N) is 2. The number of amides is 3. The number of carbonyl (C=O) groups is 2. The minimum atomic E-state index is -0.491. The van der Waals surface area contributed by atoms with E-state index in [2.05, 4.69) is 42.0 Å². The van der Waals surface area contributed by atoms with E-state index >= 15 is 0 Å². The highest BCUT2D eigenvalue weighted by Gasteiger charge is 2.24. The van der Waals surface area contributed by atoms with E-state index in [-0.39, 0.29) is 12.6 Å². The lowest BCUT2D eigenvalue weighted by atomic mass is 10.2. The number of urea groups is 1. The van der Waals surface area contributed by atoms with Crippen molar-refractivity contribution in [3.63, 3.8) is 0 Å². The standard InChI is InChI=1S/C13H13BrN6O2/c14-10-4-2-1-3-9(10)12-17-19-20(18-12)7-11(21)16-13(22)15-8-5-6-8/h1-4,8H,5-7H2,(H2,15,16,21,22). The van der Waals surface area contributed by atoms with Crippen LogP contribution in [-0.4, -0.2) is 38.2 Å². The van der Waals surface area contributed by atoms with E-state index in [0.717, 1.165) is 27.7 Å². The van der Waals surface area contributed by atoms with Crippen molar-refractivity contribution in [3.8, 4) is 11.4 Å². The van der Waals surface area contributed by atoms with E-state index in [9.17, 15) is 9.59 Å². The van der Waals surface area contributed by atoms with Crippen LogP contribution in [0.15, 0.2) is 28.7 Å². The zero-order chi connectivity index (χ0) is 15.5. The molecule has 2 N–H and O–H groups in total. The van der Waals surface area contributed by atoms with Crippen LogP contribution >= 0.6 is 15.9 Å². The van der Waals surface area contributed by atoms with Crippen molar-refractivity contribution in [3.05, 3.63) is 28.7 Å². The topological polar surface area (TPSA) is 102 Å². The maximum atomic E-state index is 11.7. The van der Waals surface area contributed by atoms with E-state index in [1.165, 1.54) is 0 Å². The van der Waals surface area contributed by atoms with Gasteiger partial charge in [-0.05, 0) is 30.2 Å². The lowest BCUT2D eigenvalue weighted by Gasteiger charge is -2.04. The van der Waals surface area contributed by atoms with Crippen LogP contribution in [0.3, 0.4) is 0 Å². The maximum Gasteiger partial charge on any atom is 0.321 e. The molecule has 0 unspecified atom stereocenters. The number of hydrogen-bond donors (Lipinski definition) is 2. The Kier molecular flexibility index (Phi) is 4.14. The quantitative estimate of drug-likeness (QED) is 0.845. The van der Waals surface area contributed by atoms with E-state index in [0.29, 0.717) is 5.82 Å². The minimum absolute atomic E-state index is 0.171. The van der Waals surface area contributed by atoms with Crippen molar-refractivity contribution in [2.24, 2.45) is 0 Å². The SMILES string of the molecule is O=C(Cn1nnc(-c2ccccc2Br)n1)NC(=O)NC1CC1. The minimum Gasteiger partial charge on any atom is -0.335 e. The zero-order valence-electron chi connectivity index (χ0n) is 11.5. The molecule has 1 saturated carbocycles. The van der Waals surface area contributed by atoms with Gasteiger partial charge in [-0.15, -0.1) is 10.2 Å². The second kappa shape index (κ2) is 6.22. The second-order valence-corrected chi connectivity index (χ2v) is 5.77. The predicted molar refractivity (Wildman–Crippen MR) is 80.6 cm³/mol. The molecule has 2 aromatic rings. The number of imide groups is 1. The summed E-state index contributed by atoms with van der Waals surface area (Å²) in [5.74, 6) is -0.0862. The fraction of sp³-hybridized carbons (Fsp3) is 0.308. The van der Waals surface area contributed by atoms with Crippen molar-refractivity contribution in [1.82, 2.24) is 30.8 Å². The second-order valence-electron chi connectivity index (χ2n) is 4.92. The Labute approximate surface area is 134 Å². The Morgan fingerprint density at radius 1 is 1.32 bits per heavy atom. The molecule has 0 spiro atoms. The smallest absolute Gasteiger partial charge is 0.321 e. The molecular formula is C13H13BrN6O2. The average Bonchev–Trinajstić information content (AvgIpc) is 3.16. The van der Waals surface area contributed by atoms with Gasteiger partial charge < -0.3 is 5.32 Å². The first-order chi connectivity index (χ1) is 10.6. The van der Waals surface area contributed by atoms with Crippen molar-refractivity contribution in [2.75, 3.05) is 0 Å². The molecular weight excluding hydrogens is 352 g/mol. The van der Waals surface area contributed by atoms with Crippen LogP contribution < -0.4 is 10.6 Å². The Morgan fingerprint density at radius 2 is 2.09 bits per heavy atom. The number of hydrogen-bond acceptors (Lipinski definition) is 5. The molecule has 1 aliphatic carbocycles. The molecule has 0 atom stereocenters. The number of aromatic nitrogens is 4. The third-order valence-electron chi connectivity index (χ3n) is 3.02. The number of rotatable bonds is 4. The van der Waals surface area contributed by atoms with Gasteiger partial charge in [-0.2, -0.15) is 4.80 Å². The number of carbonyl (C=O) groups excluding carboxylic acids is 2. The average molecular weight is 365 g/mol. The summed E-state index contributed by atoms with van der Waals surface area (Å²) in [5, 5.41) is 16.8. The summed E-state index contributed by atoms with van der Waals surface area (Å²) in [6, 6.07) is 7.15. The van der Waals surface area contributed by atoms with Crippen molar-refractivity contribution >= 4 is 27.9 Å². The number of benzene rings is 1. The molecule has 1 heterocycles. The molecule has 8 nitrogen and oxygen atoms in total. The Balaban J connectivity index is 1.60. The molecule has 114 valence electrons. The summed E-state index contributed by atoms with van der Waals surface area (Å²) in [4.78, 5) is 24.3. The molecule has 1 aromatic heterocycles. The van der Waals surface area contributed by atoms with Crippen molar-refractivity contribution in [1.29, 1.82) is 0 Å². The van der Waals surface area contributed by atoms with Crippen LogP contribution in [0.1, 0.15) is 12.8 Å². The molecule has 0 saturated heterocycles. The largest absolute Gasteiger partial charge is 0.335 e. The van der Waals surface area contributed by atoms with E-state index in [1.54, 1.807) is 0 Å². The van der Waals surface area contributed by atoms with Crippen LogP contribution in [0.4, 0.5) is 4.79 Å². The van der Waals surface area contributed by atoms with Gasteiger partial charge in [0, 0.05) is 16.1 Å². The molecule has 3 rings (SSSR count). The molecule has 0 aliphatic heterocycles. The molecule has 1 fully saturated rings. The van der Waals surface area contributed by atoms with Gasteiger partial charge in [-0.1, -0.05) is 28.1 Å². The maximum absolute atomic E-state index is 11.7. The van der Waals surface area contributed by atoms with Gasteiger partial charge in [0.05, 0.1) is 0 Å². The van der Waals surface area contributed by atoms with Gasteiger partial charge in [0.25, 0.3) is 5.91 Å². The van der Waals surface area contributed by atoms with Crippen LogP contribution in [0.2, 0.25) is 0 Å². The molecule has 0 radical (unpaired) electrons. The number of halogens is 1. The molecule has 1 aromatic carbocycles. The summed E-state index contributed by atoms with van der Waals surface area (Å²) in [6.45, 7) is -0.171. The number of tetrazole rings is 1. The van der Waals surface area contributed by atoms with Gasteiger partial charge in [0.1, 0.15) is 6.54 Å². The summed E-state index contributed by atoms with van der Waals surface area (Å²) >= 11 is 3.41. The fourth-order valence-corrected chi connectivity index (χ4v) is 2.27. The van der Waals surface area contributed by atoms with Gasteiger partial charge in [0.15, 0.2) is 0 Å². The molecule has 22 heavy (non-hydrogen) atoms. The van der Waals surface area contributed by atoms with Crippen molar-refractivity contribution < 1.29 is 9.59 Å². The summed E-state index contributed by atoms with van der Waals surface area (Å²) in [5.41, 5.74) is 0.778. The summed E-state index contributed by atoms with van der Waals surface area (Å²) < 4.78 is 0.836. The van der Waals surface area contributed by atoms with Gasteiger partial charge in [-0.3, -0.25) is 10.1 Å². The lowest BCUT2D eigenvalue weighted by molar-refractivity contribution is -0.121. The van der Waals surface area contributed by atoms with Crippen LogP contribution in [0, 0.1) is 0 Å². The Hall–Kier alpha value is -2.29. The molecule has 9 heteroatoms. The Morgan fingerprint density at radius 3 is 2.82 bits per heavy atom. The third-order valence-corrected chi connectivity index (χ3v) is 3.71. The first-order valence-corrected chi connectivity index (χ1v) is 7.54. The first-order valence-electron chi connectivity index (χ1n) is 6.75. The van der Waals surface area contributed by atoms with Crippen molar-refractivity contribution in [2.45, 2.75) is 25.4 Å². The predicted octanol–water partition coefficient (Wildman–Crippen LogP) is 1.09. The monoisotopic (exact) mass is 364 g/mol. The lowest BCUT2D eigenvalue weighted by Crippen LogP contribution is -2.42. The highest BCUT2D eigenvalue weighted by atomic mass is 79.9. The number of nitrogens with zero attached hydrogens (tertiary/aromatic N) is 4. The highest BCUT2D eigenvalue weighted by molar-refractivity contribution is 9.10. The first kappa shape index (κ1) is 14.6. The molecule has 1 aliphatic rings. The van der Waals surface area contributed by atoms with Gasteiger partial charge >= 0.3 is 6.03 Å². The highest BCUT2D eigenvalue weighted by Crippen LogP contribution is 2.24. The summed E-state index contributed by atoms with van der Waals surface area (Å²) in [7, 11) is 0.